The highest BCUT2D eigenvalue weighted by Crippen LogP contribution is 2.14. The molecule has 2 aromatic heterocycles. The van der Waals surface area contributed by atoms with Gasteiger partial charge in [0, 0.05) is 18.9 Å². The summed E-state index contributed by atoms with van der Waals surface area (Å²) in [7, 11) is 0. The number of nitrogen functional groups attached to an aromatic ring is 1. The van der Waals surface area contributed by atoms with Gasteiger partial charge in [0.1, 0.15) is 10.8 Å². The van der Waals surface area contributed by atoms with E-state index in [1.54, 1.807) is 0 Å². The molecule has 0 bridgehead atoms. The number of hydrogen-bond donors (Lipinski definition) is 1. The first-order valence-electron chi connectivity index (χ1n) is 4.87. The fourth-order valence-corrected chi connectivity index (χ4v) is 2.03. The maximum atomic E-state index is 5.52. The average Bonchev–Trinajstić information content (AvgIpc) is 2.78. The van der Waals surface area contributed by atoms with Crippen LogP contribution in [0.1, 0.15) is 24.2 Å². The van der Waals surface area contributed by atoms with Gasteiger partial charge in [-0.2, -0.15) is 0 Å². The molecule has 0 saturated carbocycles. The Morgan fingerprint density at radius 2 is 2.33 bits per heavy atom. The average molecular weight is 223 g/mol. The van der Waals surface area contributed by atoms with Gasteiger partial charge in [-0.15, -0.1) is 10.2 Å². The number of imidazole rings is 1. The van der Waals surface area contributed by atoms with Crippen molar-refractivity contribution in [2.75, 3.05) is 5.73 Å². The minimum atomic E-state index is 0.513. The van der Waals surface area contributed by atoms with E-state index >= 15 is 0 Å². The topological polar surface area (TPSA) is 69.6 Å². The molecule has 2 heterocycles. The van der Waals surface area contributed by atoms with Crippen LogP contribution in [-0.2, 0) is 13.0 Å². The molecule has 2 aromatic rings. The number of anilines is 1. The van der Waals surface area contributed by atoms with Gasteiger partial charge in [-0.3, -0.25) is 0 Å². The van der Waals surface area contributed by atoms with E-state index in [2.05, 4.69) is 26.7 Å². The lowest BCUT2D eigenvalue weighted by molar-refractivity contribution is 0.645. The number of nitrogens with zero attached hydrogens (tertiary/aromatic N) is 4. The van der Waals surface area contributed by atoms with E-state index in [0.717, 1.165) is 23.8 Å². The molecule has 0 aliphatic rings. The van der Waals surface area contributed by atoms with Crippen LogP contribution in [0.2, 0.25) is 0 Å². The Labute approximate surface area is 92.0 Å². The molecule has 0 radical (unpaired) electrons. The van der Waals surface area contributed by atoms with Crippen molar-refractivity contribution in [3.63, 3.8) is 0 Å². The zero-order valence-electron chi connectivity index (χ0n) is 8.55. The summed E-state index contributed by atoms with van der Waals surface area (Å²) in [6, 6.07) is 0. The highest BCUT2D eigenvalue weighted by molar-refractivity contribution is 7.15. The lowest BCUT2D eigenvalue weighted by Gasteiger charge is -2.03. The van der Waals surface area contributed by atoms with Crippen molar-refractivity contribution in [2.45, 2.75) is 26.3 Å². The molecular formula is C9H13N5S. The Morgan fingerprint density at radius 3 is 3.00 bits per heavy atom. The molecule has 0 amide bonds. The Kier molecular flexibility index (Phi) is 2.96. The Morgan fingerprint density at radius 1 is 1.47 bits per heavy atom. The molecule has 0 fully saturated rings. The van der Waals surface area contributed by atoms with E-state index in [1.165, 1.54) is 11.3 Å². The number of aryl methyl sites for hydroxylation is 1. The first-order valence-corrected chi connectivity index (χ1v) is 5.69. The lowest BCUT2D eigenvalue weighted by atomic mass is 10.4. The van der Waals surface area contributed by atoms with Crippen LogP contribution in [0.4, 0.5) is 5.13 Å². The van der Waals surface area contributed by atoms with Gasteiger partial charge in [0.2, 0.25) is 5.13 Å². The normalized spacial score (nSPS) is 10.7. The van der Waals surface area contributed by atoms with Crippen LogP contribution < -0.4 is 5.73 Å². The number of hydrogen-bond acceptors (Lipinski definition) is 5. The van der Waals surface area contributed by atoms with Crippen molar-refractivity contribution in [3.8, 4) is 0 Å². The van der Waals surface area contributed by atoms with Crippen LogP contribution >= 0.6 is 11.3 Å². The minimum absolute atomic E-state index is 0.513. The summed E-state index contributed by atoms with van der Waals surface area (Å²) in [5.74, 6) is 1.02. The molecule has 2 rings (SSSR count). The van der Waals surface area contributed by atoms with Gasteiger partial charge in [-0.05, 0) is 6.42 Å². The van der Waals surface area contributed by atoms with Gasteiger partial charge in [0.15, 0.2) is 0 Å². The van der Waals surface area contributed by atoms with Crippen molar-refractivity contribution in [2.24, 2.45) is 0 Å². The van der Waals surface area contributed by atoms with Crippen molar-refractivity contribution >= 4 is 16.5 Å². The molecule has 0 atom stereocenters. The number of rotatable bonds is 4. The minimum Gasteiger partial charge on any atom is -0.374 e. The third kappa shape index (κ3) is 2.33. The number of aromatic nitrogens is 4. The third-order valence-electron chi connectivity index (χ3n) is 2.06. The van der Waals surface area contributed by atoms with Crippen molar-refractivity contribution in [1.29, 1.82) is 0 Å². The van der Waals surface area contributed by atoms with E-state index in [4.69, 9.17) is 5.73 Å². The molecule has 0 aromatic carbocycles. The van der Waals surface area contributed by atoms with Crippen LogP contribution in [-0.4, -0.2) is 19.7 Å². The third-order valence-corrected chi connectivity index (χ3v) is 2.81. The molecule has 0 spiro atoms. The molecule has 15 heavy (non-hydrogen) atoms. The molecule has 0 saturated heterocycles. The summed E-state index contributed by atoms with van der Waals surface area (Å²) in [5, 5.41) is 9.19. The smallest absolute Gasteiger partial charge is 0.203 e. The lowest BCUT2D eigenvalue weighted by Crippen LogP contribution is -2.03. The fraction of sp³-hybridized carbons (Fsp3) is 0.444. The Hall–Kier alpha value is -1.43. The van der Waals surface area contributed by atoms with Crippen molar-refractivity contribution in [1.82, 2.24) is 19.7 Å². The van der Waals surface area contributed by atoms with Crippen LogP contribution in [0.5, 0.6) is 0 Å². The van der Waals surface area contributed by atoms with Crippen molar-refractivity contribution in [3.05, 3.63) is 23.2 Å². The van der Waals surface area contributed by atoms with E-state index in [9.17, 15) is 0 Å². The van der Waals surface area contributed by atoms with Crippen molar-refractivity contribution < 1.29 is 0 Å². The summed E-state index contributed by atoms with van der Waals surface area (Å²) >= 11 is 1.41. The largest absolute Gasteiger partial charge is 0.374 e. The second-order valence-corrected chi connectivity index (χ2v) is 4.34. The van der Waals surface area contributed by atoms with E-state index < -0.39 is 0 Å². The van der Waals surface area contributed by atoms with E-state index in [1.807, 2.05) is 12.4 Å². The van der Waals surface area contributed by atoms with Crippen LogP contribution in [0.25, 0.3) is 0 Å². The van der Waals surface area contributed by atoms with Crippen LogP contribution in [0, 0.1) is 0 Å². The maximum absolute atomic E-state index is 5.52. The summed E-state index contributed by atoms with van der Waals surface area (Å²) < 4.78 is 2.14. The SMILES string of the molecule is CCCn1ccnc1Cc1nnc(N)s1. The predicted octanol–water partition coefficient (Wildman–Crippen LogP) is 1.32. The molecule has 0 aliphatic carbocycles. The van der Waals surface area contributed by atoms with E-state index in [-0.39, 0.29) is 0 Å². The standard InChI is InChI=1S/C9H13N5S/c1-2-4-14-5-3-11-7(14)6-8-12-13-9(10)15-8/h3,5H,2,4,6H2,1H3,(H2,10,13). The maximum Gasteiger partial charge on any atom is 0.203 e. The summed E-state index contributed by atoms with van der Waals surface area (Å²) in [6.45, 7) is 3.14. The highest BCUT2D eigenvalue weighted by atomic mass is 32.1. The van der Waals surface area contributed by atoms with Gasteiger partial charge in [-0.25, -0.2) is 4.98 Å². The van der Waals surface area contributed by atoms with Crippen LogP contribution in [0.15, 0.2) is 12.4 Å². The Balaban J connectivity index is 2.13. The molecule has 0 unspecified atom stereocenters. The zero-order valence-corrected chi connectivity index (χ0v) is 9.37. The predicted molar refractivity (Wildman–Crippen MR) is 59.6 cm³/mol. The quantitative estimate of drug-likeness (QED) is 0.848. The number of nitrogens with two attached hydrogens (primary N) is 1. The second-order valence-electron chi connectivity index (χ2n) is 3.25. The molecule has 80 valence electrons. The van der Waals surface area contributed by atoms with E-state index in [0.29, 0.717) is 11.6 Å². The van der Waals surface area contributed by atoms with Gasteiger partial charge >= 0.3 is 0 Å². The van der Waals surface area contributed by atoms with Gasteiger partial charge in [0.25, 0.3) is 0 Å². The monoisotopic (exact) mass is 223 g/mol. The molecule has 2 N–H and O–H groups in total. The zero-order chi connectivity index (χ0) is 10.7. The molecule has 0 aliphatic heterocycles. The fourth-order valence-electron chi connectivity index (χ4n) is 1.43. The first-order chi connectivity index (χ1) is 7.29. The summed E-state index contributed by atoms with van der Waals surface area (Å²) in [5.41, 5.74) is 5.52. The highest BCUT2D eigenvalue weighted by Gasteiger charge is 2.07. The first kappa shape index (κ1) is 10.1. The summed E-state index contributed by atoms with van der Waals surface area (Å²) in [4.78, 5) is 4.30. The molecular weight excluding hydrogens is 210 g/mol. The summed E-state index contributed by atoms with van der Waals surface area (Å²) in [6.07, 6.45) is 5.61. The molecule has 5 nitrogen and oxygen atoms in total. The van der Waals surface area contributed by atoms with Gasteiger partial charge < -0.3 is 10.3 Å². The van der Waals surface area contributed by atoms with Crippen LogP contribution in [0.3, 0.4) is 0 Å². The van der Waals surface area contributed by atoms with Gasteiger partial charge in [0.05, 0.1) is 6.42 Å². The second kappa shape index (κ2) is 4.39. The Bertz CT molecular complexity index is 433. The van der Waals surface area contributed by atoms with Gasteiger partial charge in [-0.1, -0.05) is 18.3 Å². The molecule has 6 heteroatoms.